The highest BCUT2D eigenvalue weighted by molar-refractivity contribution is 6.06. The molecule has 1 aromatic rings. The molecule has 0 heterocycles. The summed E-state index contributed by atoms with van der Waals surface area (Å²) in [7, 11) is 3.36. The average Bonchev–Trinajstić information content (AvgIpc) is 3.04. The van der Waals surface area contributed by atoms with E-state index < -0.39 is 5.91 Å². The van der Waals surface area contributed by atoms with Gasteiger partial charge in [0.15, 0.2) is 0 Å². The van der Waals surface area contributed by atoms with E-state index in [4.69, 9.17) is 19.9 Å². The molecule has 7 heteroatoms. The Balaban J connectivity index is 2.27. The number of nitrogens with zero attached hydrogens (tertiary/aromatic N) is 1. The van der Waals surface area contributed by atoms with Crippen molar-refractivity contribution >= 4 is 11.7 Å². The molecule has 0 spiro atoms. The average molecular weight is 426 g/mol. The molecular formula is C24H31N3O4. The van der Waals surface area contributed by atoms with Gasteiger partial charge >= 0.3 is 0 Å². The molecule has 0 fully saturated rings. The Morgan fingerprint density at radius 1 is 1.29 bits per heavy atom. The van der Waals surface area contributed by atoms with Crippen molar-refractivity contribution in [3.8, 4) is 11.5 Å². The maximum atomic E-state index is 12.7. The molecule has 0 saturated carbocycles. The number of methoxy groups -OCH3 is 1. The minimum Gasteiger partial charge on any atom is -0.489 e. The lowest BCUT2D eigenvalue weighted by atomic mass is 10.1. The fourth-order valence-electron chi connectivity index (χ4n) is 2.73. The number of amides is 1. The molecule has 0 aromatic heterocycles. The standard InChI is InChI=1S/C24H31N3O4/c1-4-20(17-29-3)31-22-14-19(24(28)27-23(25)11-12-26-2)13-21(15-22)30-16-18-9-7-5-6-8-10-18/h5,7-15,20,26H,4,6,16-17H2,1-3H3,(H2,25,27,28)/b12-11-. The van der Waals surface area contributed by atoms with E-state index in [1.807, 2.05) is 25.2 Å². The van der Waals surface area contributed by atoms with E-state index in [1.54, 1.807) is 38.6 Å². The fraction of sp³-hybridized carbons (Fsp3) is 0.333. The molecule has 166 valence electrons. The zero-order valence-corrected chi connectivity index (χ0v) is 18.3. The maximum Gasteiger partial charge on any atom is 0.279 e. The van der Waals surface area contributed by atoms with Crippen molar-refractivity contribution in [2.45, 2.75) is 25.9 Å². The highest BCUT2D eigenvalue weighted by Crippen LogP contribution is 2.26. The van der Waals surface area contributed by atoms with Crippen LogP contribution in [0.25, 0.3) is 0 Å². The zero-order valence-electron chi connectivity index (χ0n) is 18.3. The number of hydrogen-bond acceptors (Lipinski definition) is 5. The topological polar surface area (TPSA) is 95.2 Å². The number of allylic oxidation sites excluding steroid dienone is 4. The van der Waals surface area contributed by atoms with Crippen LogP contribution in [0.1, 0.15) is 30.1 Å². The summed E-state index contributed by atoms with van der Waals surface area (Å²) in [4.78, 5) is 16.6. The molecule has 0 radical (unpaired) electrons. The van der Waals surface area contributed by atoms with Crippen molar-refractivity contribution in [1.82, 2.24) is 5.32 Å². The van der Waals surface area contributed by atoms with Crippen LogP contribution in [-0.2, 0) is 4.74 Å². The Hall–Kier alpha value is -3.32. The van der Waals surface area contributed by atoms with Gasteiger partial charge < -0.3 is 25.3 Å². The van der Waals surface area contributed by atoms with E-state index >= 15 is 0 Å². The van der Waals surface area contributed by atoms with Crippen molar-refractivity contribution in [1.29, 1.82) is 0 Å². The minimum atomic E-state index is -0.482. The first kappa shape index (κ1) is 24.0. The molecule has 7 nitrogen and oxygen atoms in total. The van der Waals surface area contributed by atoms with Gasteiger partial charge in [-0.1, -0.05) is 37.3 Å². The lowest BCUT2D eigenvalue weighted by Crippen LogP contribution is -2.21. The fourth-order valence-corrected chi connectivity index (χ4v) is 2.73. The van der Waals surface area contributed by atoms with Crippen LogP contribution in [0.3, 0.4) is 0 Å². The van der Waals surface area contributed by atoms with Gasteiger partial charge in [0.25, 0.3) is 5.91 Å². The molecule has 1 atom stereocenters. The van der Waals surface area contributed by atoms with Crippen molar-refractivity contribution in [2.24, 2.45) is 10.7 Å². The quantitative estimate of drug-likeness (QED) is 0.416. The summed E-state index contributed by atoms with van der Waals surface area (Å²) in [5, 5.41) is 2.80. The minimum absolute atomic E-state index is 0.0968. The predicted molar refractivity (Wildman–Crippen MR) is 124 cm³/mol. The highest BCUT2D eigenvalue weighted by atomic mass is 16.5. The summed E-state index contributed by atoms with van der Waals surface area (Å²) >= 11 is 0. The third-order valence-electron chi connectivity index (χ3n) is 4.35. The first-order valence-corrected chi connectivity index (χ1v) is 10.2. The van der Waals surface area contributed by atoms with E-state index in [0.717, 1.165) is 18.4 Å². The Kier molecular flexibility index (Phi) is 10.1. The molecule has 1 unspecified atom stereocenters. The molecule has 0 saturated heterocycles. The van der Waals surface area contributed by atoms with Crippen LogP contribution in [0.4, 0.5) is 0 Å². The van der Waals surface area contributed by atoms with E-state index in [0.29, 0.717) is 30.3 Å². The molecule has 1 aromatic carbocycles. The SMILES string of the molecule is CCC(COC)Oc1cc(OCC2=CC=CCC=C2)cc(C(=O)N=C(N)/C=C\NC)c1. The summed E-state index contributed by atoms with van der Waals surface area (Å²) in [6.07, 6.45) is 14.8. The van der Waals surface area contributed by atoms with Crippen LogP contribution in [-0.4, -0.2) is 45.2 Å². The largest absolute Gasteiger partial charge is 0.489 e. The van der Waals surface area contributed by atoms with Gasteiger partial charge in [0.2, 0.25) is 0 Å². The first-order chi connectivity index (χ1) is 15.0. The molecule has 1 aliphatic carbocycles. The number of nitrogens with one attached hydrogen (secondary N) is 1. The summed E-state index contributed by atoms with van der Waals surface area (Å²) < 4.78 is 17.2. The molecule has 1 amide bonds. The zero-order chi connectivity index (χ0) is 22.5. The van der Waals surface area contributed by atoms with Crippen molar-refractivity contribution in [2.75, 3.05) is 27.4 Å². The van der Waals surface area contributed by atoms with E-state index in [-0.39, 0.29) is 11.9 Å². The number of hydrogen-bond donors (Lipinski definition) is 2. The number of rotatable bonds is 11. The lowest BCUT2D eigenvalue weighted by Gasteiger charge is -2.18. The van der Waals surface area contributed by atoms with Gasteiger partial charge in [-0.05, 0) is 42.8 Å². The third kappa shape index (κ3) is 8.52. The second-order valence-electron chi connectivity index (χ2n) is 6.86. The predicted octanol–water partition coefficient (Wildman–Crippen LogP) is 3.54. The number of nitrogens with two attached hydrogens (primary N) is 1. The van der Waals surface area contributed by atoms with Gasteiger partial charge in [0, 0.05) is 25.8 Å². The molecule has 2 rings (SSSR count). The van der Waals surface area contributed by atoms with Crippen LogP contribution >= 0.6 is 0 Å². The number of carbonyl (C=O) groups excluding carboxylic acids is 1. The van der Waals surface area contributed by atoms with Gasteiger partial charge in [-0.25, -0.2) is 0 Å². The summed E-state index contributed by atoms with van der Waals surface area (Å²) in [6, 6.07) is 5.04. The Morgan fingerprint density at radius 2 is 2.10 bits per heavy atom. The highest BCUT2D eigenvalue weighted by Gasteiger charge is 2.14. The number of aliphatic imine (C=N–C) groups is 1. The van der Waals surface area contributed by atoms with Gasteiger partial charge in [-0.15, -0.1) is 0 Å². The summed E-state index contributed by atoms with van der Waals surface area (Å²) in [5.74, 6) is 0.633. The third-order valence-corrected chi connectivity index (χ3v) is 4.35. The summed E-state index contributed by atoms with van der Waals surface area (Å²) in [6.45, 7) is 2.81. The van der Waals surface area contributed by atoms with Crippen molar-refractivity contribution in [3.05, 3.63) is 72.0 Å². The van der Waals surface area contributed by atoms with Crippen molar-refractivity contribution in [3.63, 3.8) is 0 Å². The van der Waals surface area contributed by atoms with E-state index in [9.17, 15) is 4.79 Å². The lowest BCUT2D eigenvalue weighted by molar-refractivity contribution is 0.0784. The maximum absolute atomic E-state index is 12.7. The molecule has 0 aliphatic heterocycles. The number of ether oxygens (including phenoxy) is 3. The van der Waals surface area contributed by atoms with Gasteiger partial charge in [0.05, 0.1) is 6.61 Å². The number of benzene rings is 1. The molecule has 31 heavy (non-hydrogen) atoms. The Morgan fingerprint density at radius 3 is 2.84 bits per heavy atom. The molecule has 0 bridgehead atoms. The molecule has 1 aliphatic rings. The van der Waals surface area contributed by atoms with Crippen LogP contribution < -0.4 is 20.5 Å². The van der Waals surface area contributed by atoms with E-state index in [1.165, 1.54) is 6.08 Å². The van der Waals surface area contributed by atoms with Crippen molar-refractivity contribution < 1.29 is 19.0 Å². The second kappa shape index (κ2) is 13.1. The van der Waals surface area contributed by atoms with E-state index in [2.05, 4.69) is 22.5 Å². The first-order valence-electron chi connectivity index (χ1n) is 10.2. The number of amidine groups is 1. The van der Waals surface area contributed by atoms with Gasteiger partial charge in [0.1, 0.15) is 30.0 Å². The van der Waals surface area contributed by atoms with Crippen LogP contribution in [0.5, 0.6) is 11.5 Å². The van der Waals surface area contributed by atoms with Crippen LogP contribution in [0.15, 0.2) is 71.4 Å². The number of carbonyl (C=O) groups is 1. The smallest absolute Gasteiger partial charge is 0.279 e. The van der Waals surface area contributed by atoms with Crippen LogP contribution in [0.2, 0.25) is 0 Å². The van der Waals surface area contributed by atoms with Gasteiger partial charge in [-0.2, -0.15) is 4.99 Å². The Labute approximate surface area is 184 Å². The normalized spacial score (nSPS) is 14.8. The molecule has 3 N–H and O–H groups in total. The Bertz CT molecular complexity index is 885. The second-order valence-corrected chi connectivity index (χ2v) is 6.86. The van der Waals surface area contributed by atoms with Gasteiger partial charge in [-0.3, -0.25) is 4.79 Å². The molecular weight excluding hydrogens is 394 g/mol. The summed E-state index contributed by atoms with van der Waals surface area (Å²) in [5.41, 5.74) is 7.14. The monoisotopic (exact) mass is 425 g/mol. The van der Waals surface area contributed by atoms with Crippen LogP contribution in [0, 0.1) is 0 Å².